The lowest BCUT2D eigenvalue weighted by Crippen LogP contribution is -2.71. The van der Waals surface area contributed by atoms with E-state index >= 15 is 0 Å². The van der Waals surface area contributed by atoms with E-state index in [0.29, 0.717) is 0 Å². The van der Waals surface area contributed by atoms with Crippen LogP contribution in [-0.4, -0.2) is 85.9 Å². The van der Waals surface area contributed by atoms with Crippen LogP contribution >= 0.6 is 0 Å². The fourth-order valence-electron chi connectivity index (χ4n) is 4.47. The predicted molar refractivity (Wildman–Crippen MR) is 85.0 cm³/mol. The van der Waals surface area contributed by atoms with Gasteiger partial charge in [-0.15, -0.1) is 0 Å². The molecular formula is C14H21N7O4. The van der Waals surface area contributed by atoms with Gasteiger partial charge in [-0.1, -0.05) is 6.92 Å². The van der Waals surface area contributed by atoms with Crippen molar-refractivity contribution in [1.82, 2.24) is 14.9 Å². The van der Waals surface area contributed by atoms with Gasteiger partial charge in [0.15, 0.2) is 11.6 Å². The molecule has 0 bridgehead atoms. The minimum absolute atomic E-state index is 0.0199. The molecule has 0 aromatic rings. The second-order valence-electron chi connectivity index (χ2n) is 6.95. The number of carbonyl (C=O) groups excluding carboxylic acids is 2. The maximum Gasteiger partial charge on any atom is 0.229 e. The number of likely N-dealkylation sites (tertiary alicyclic amines) is 1. The van der Waals surface area contributed by atoms with Gasteiger partial charge in [-0.2, -0.15) is 5.06 Å². The van der Waals surface area contributed by atoms with Crippen LogP contribution in [0.5, 0.6) is 0 Å². The summed E-state index contributed by atoms with van der Waals surface area (Å²) < 4.78 is 0. The lowest BCUT2D eigenvalue weighted by Gasteiger charge is -2.49. The number of aliphatic hydroxyl groups is 1. The molecule has 11 heteroatoms. The Labute approximate surface area is 143 Å². The number of guanidine groups is 2. The molecule has 5 atom stereocenters. The Balaban J connectivity index is 1.75. The van der Waals surface area contributed by atoms with E-state index in [1.807, 2.05) is 0 Å². The van der Waals surface area contributed by atoms with E-state index in [2.05, 4.69) is 9.98 Å². The first-order chi connectivity index (χ1) is 11.8. The molecule has 25 heavy (non-hydrogen) atoms. The van der Waals surface area contributed by atoms with Crippen LogP contribution in [0.2, 0.25) is 0 Å². The molecule has 0 saturated carbocycles. The monoisotopic (exact) mass is 351 g/mol. The van der Waals surface area contributed by atoms with Crippen molar-refractivity contribution in [2.24, 2.45) is 27.4 Å². The maximum absolute atomic E-state index is 12.0. The largest absolute Gasteiger partial charge is 0.391 e. The van der Waals surface area contributed by atoms with Crippen LogP contribution in [0.3, 0.4) is 0 Å². The fourth-order valence-corrected chi connectivity index (χ4v) is 4.47. The number of aliphatic hydroxyl groups excluding tert-OH is 1. The summed E-state index contributed by atoms with van der Waals surface area (Å²) in [5.74, 6) is -0.942. The lowest BCUT2D eigenvalue weighted by atomic mass is 9.82. The van der Waals surface area contributed by atoms with E-state index in [0.717, 1.165) is 9.96 Å². The zero-order chi connectivity index (χ0) is 18.1. The van der Waals surface area contributed by atoms with Crippen molar-refractivity contribution in [3.63, 3.8) is 0 Å². The van der Waals surface area contributed by atoms with Crippen molar-refractivity contribution >= 4 is 23.7 Å². The molecule has 1 spiro atoms. The average Bonchev–Trinajstić information content (AvgIpc) is 3.12. The van der Waals surface area contributed by atoms with Gasteiger partial charge in [-0.05, 0) is 0 Å². The standard InChI is InChI=1S/C14H21N7O4/c1-6-8(22)5-20-12(15)17-7(4-19-9(23)2-3-10(19)24)11-14(6,20)21(25)13(16)18-11/h6-8,11,22,25H,2-5H2,1H3,(H2,15,17)(H2,16,18)/t6-,7+,8+,11?,14?/m1/s1. The van der Waals surface area contributed by atoms with Crippen molar-refractivity contribution in [3.05, 3.63) is 0 Å². The van der Waals surface area contributed by atoms with Crippen LogP contribution in [0.1, 0.15) is 19.8 Å². The number of amides is 2. The molecule has 2 saturated heterocycles. The topological polar surface area (TPSA) is 161 Å². The first-order valence-electron chi connectivity index (χ1n) is 8.23. The number of aliphatic imine (C=N–C) groups is 2. The highest BCUT2D eigenvalue weighted by Crippen LogP contribution is 2.47. The smallest absolute Gasteiger partial charge is 0.229 e. The highest BCUT2D eigenvalue weighted by atomic mass is 16.5. The van der Waals surface area contributed by atoms with Crippen LogP contribution in [0.25, 0.3) is 0 Å². The molecule has 0 aromatic heterocycles. The summed E-state index contributed by atoms with van der Waals surface area (Å²) in [7, 11) is 0. The van der Waals surface area contributed by atoms with Gasteiger partial charge in [-0.3, -0.25) is 19.7 Å². The summed E-state index contributed by atoms with van der Waals surface area (Å²) in [6, 6.07) is -1.32. The minimum atomic E-state index is -1.17. The van der Waals surface area contributed by atoms with Gasteiger partial charge in [0.2, 0.25) is 17.8 Å². The molecule has 0 radical (unpaired) electrons. The normalized spacial score (nSPS) is 40.4. The zero-order valence-corrected chi connectivity index (χ0v) is 13.7. The Hall–Kier alpha value is -2.40. The van der Waals surface area contributed by atoms with Crippen LogP contribution in [-0.2, 0) is 9.59 Å². The molecule has 4 rings (SSSR count). The summed E-state index contributed by atoms with van der Waals surface area (Å²) >= 11 is 0. The molecule has 0 aliphatic carbocycles. The van der Waals surface area contributed by atoms with Gasteiger partial charge in [-0.25, -0.2) is 9.98 Å². The second kappa shape index (κ2) is 5.05. The summed E-state index contributed by atoms with van der Waals surface area (Å²) in [4.78, 5) is 35.4. The summed E-state index contributed by atoms with van der Waals surface area (Å²) in [6.45, 7) is 1.98. The summed E-state index contributed by atoms with van der Waals surface area (Å²) in [5.41, 5.74) is 10.8. The Bertz CT molecular complexity index is 693. The van der Waals surface area contributed by atoms with Crippen molar-refractivity contribution < 1.29 is 19.9 Å². The van der Waals surface area contributed by atoms with Crippen LogP contribution < -0.4 is 11.5 Å². The molecule has 4 heterocycles. The average molecular weight is 351 g/mol. The third kappa shape index (κ3) is 1.87. The molecule has 2 fully saturated rings. The van der Waals surface area contributed by atoms with Gasteiger partial charge in [0, 0.05) is 25.3 Å². The molecule has 4 aliphatic rings. The van der Waals surface area contributed by atoms with Crippen LogP contribution in [0, 0.1) is 5.92 Å². The van der Waals surface area contributed by atoms with Gasteiger partial charge in [0.1, 0.15) is 6.04 Å². The highest BCUT2D eigenvalue weighted by Gasteiger charge is 2.67. The number of carbonyl (C=O) groups is 2. The van der Waals surface area contributed by atoms with Crippen molar-refractivity contribution in [2.45, 2.75) is 43.6 Å². The maximum atomic E-state index is 12.0. The second-order valence-corrected chi connectivity index (χ2v) is 6.95. The summed E-state index contributed by atoms with van der Waals surface area (Å²) in [6.07, 6.45) is -0.403. The van der Waals surface area contributed by atoms with Gasteiger partial charge in [0.25, 0.3) is 0 Å². The first kappa shape index (κ1) is 16.1. The molecule has 0 aromatic carbocycles. The Kier molecular flexibility index (Phi) is 3.25. The molecule has 2 amide bonds. The van der Waals surface area contributed by atoms with Gasteiger partial charge < -0.3 is 21.5 Å². The molecule has 4 aliphatic heterocycles. The van der Waals surface area contributed by atoms with E-state index < -0.39 is 29.8 Å². The number of hydrogen-bond acceptors (Lipinski definition) is 10. The number of hydrogen-bond donors (Lipinski definition) is 4. The Morgan fingerprint density at radius 1 is 1.20 bits per heavy atom. The molecule has 6 N–H and O–H groups in total. The number of rotatable bonds is 2. The van der Waals surface area contributed by atoms with E-state index in [9.17, 15) is 19.9 Å². The Morgan fingerprint density at radius 2 is 1.84 bits per heavy atom. The van der Waals surface area contributed by atoms with E-state index in [1.165, 1.54) is 0 Å². The number of imide groups is 1. The van der Waals surface area contributed by atoms with Gasteiger partial charge in [0.05, 0.1) is 18.7 Å². The van der Waals surface area contributed by atoms with Crippen LogP contribution in [0.4, 0.5) is 0 Å². The number of hydroxylamine groups is 2. The lowest BCUT2D eigenvalue weighted by molar-refractivity contribution is -0.170. The number of nitrogens with zero attached hydrogens (tertiary/aromatic N) is 5. The third-order valence-corrected chi connectivity index (χ3v) is 5.78. The highest BCUT2D eigenvalue weighted by molar-refractivity contribution is 6.02. The summed E-state index contributed by atoms with van der Waals surface area (Å²) in [5, 5.41) is 21.8. The molecule has 136 valence electrons. The molecule has 2 unspecified atom stereocenters. The molecular weight excluding hydrogens is 330 g/mol. The number of nitrogens with two attached hydrogens (primary N) is 2. The van der Waals surface area contributed by atoms with E-state index in [4.69, 9.17) is 11.5 Å². The van der Waals surface area contributed by atoms with Crippen molar-refractivity contribution in [2.75, 3.05) is 13.1 Å². The zero-order valence-electron chi connectivity index (χ0n) is 13.7. The predicted octanol–water partition coefficient (Wildman–Crippen LogP) is -2.77. The first-order valence-corrected chi connectivity index (χ1v) is 8.23. The van der Waals surface area contributed by atoms with E-state index in [1.54, 1.807) is 11.8 Å². The third-order valence-electron chi connectivity index (χ3n) is 5.78. The fraction of sp³-hybridized carbons (Fsp3) is 0.714. The van der Waals surface area contributed by atoms with E-state index in [-0.39, 0.29) is 49.7 Å². The van der Waals surface area contributed by atoms with Crippen LogP contribution in [0.15, 0.2) is 9.98 Å². The van der Waals surface area contributed by atoms with Crippen molar-refractivity contribution in [3.8, 4) is 0 Å². The van der Waals surface area contributed by atoms with Gasteiger partial charge >= 0.3 is 0 Å². The quantitative estimate of drug-likeness (QED) is 0.389. The van der Waals surface area contributed by atoms with Crippen molar-refractivity contribution in [1.29, 1.82) is 0 Å². The molecule has 11 nitrogen and oxygen atoms in total. The minimum Gasteiger partial charge on any atom is -0.391 e. The SMILES string of the molecule is C[C@@H]1[C@@H](O)CN2C(N)=N[C@@H](CN3C(=O)CCC3=O)C3N=C(N)N(O)C312. The Morgan fingerprint density at radius 3 is 2.48 bits per heavy atom.